The first-order valence-electron chi connectivity index (χ1n) is 4.34. The number of nitrogens with two attached hydrogens (primary N) is 1. The number of carbonyl (C=O) groups is 1. The van der Waals surface area contributed by atoms with Crippen molar-refractivity contribution in [1.82, 2.24) is 0 Å². The van der Waals surface area contributed by atoms with Crippen LogP contribution in [0, 0.1) is 5.82 Å². The Kier molecular flexibility index (Phi) is 4.05. The van der Waals surface area contributed by atoms with Gasteiger partial charge in [-0.2, -0.15) is 0 Å². The summed E-state index contributed by atoms with van der Waals surface area (Å²) >= 11 is 0. The number of primary amides is 1. The van der Waals surface area contributed by atoms with E-state index in [1.165, 1.54) is 13.2 Å². The van der Waals surface area contributed by atoms with Crippen molar-refractivity contribution in [3.05, 3.63) is 35.6 Å². The predicted octanol–water partition coefficient (Wildman–Crippen LogP) is 1.61. The summed E-state index contributed by atoms with van der Waals surface area (Å²) in [6.07, 6.45) is -1.55. The van der Waals surface area contributed by atoms with Gasteiger partial charge in [-0.3, -0.25) is 0 Å². The number of amides is 1. The number of methoxy groups -OCH3 is 1. The summed E-state index contributed by atoms with van der Waals surface area (Å²) in [5, 5.41) is 0. The molecule has 1 aromatic carbocycles. The lowest BCUT2D eigenvalue weighted by Crippen LogP contribution is -2.19. The fraction of sp³-hybridized carbons (Fsp3) is 0.300. The van der Waals surface area contributed by atoms with E-state index < -0.39 is 18.0 Å². The molecule has 5 heteroatoms. The molecule has 1 amide bonds. The second-order valence-electron chi connectivity index (χ2n) is 2.88. The first-order valence-corrected chi connectivity index (χ1v) is 4.34. The van der Waals surface area contributed by atoms with Crippen LogP contribution in [0.5, 0.6) is 0 Å². The van der Waals surface area contributed by atoms with Crippen molar-refractivity contribution in [3.8, 4) is 0 Å². The van der Waals surface area contributed by atoms with E-state index in [0.29, 0.717) is 5.56 Å². The normalized spacial score (nSPS) is 12.1. The number of hydrogen-bond donors (Lipinski definition) is 1. The molecule has 0 aliphatic rings. The van der Waals surface area contributed by atoms with Crippen LogP contribution >= 0.6 is 0 Å². The van der Waals surface area contributed by atoms with Crippen LogP contribution in [-0.2, 0) is 9.47 Å². The number of benzene rings is 1. The fourth-order valence-corrected chi connectivity index (χ4v) is 1.18. The van der Waals surface area contributed by atoms with Gasteiger partial charge in [-0.05, 0) is 6.07 Å². The molecule has 0 saturated carbocycles. The number of carbonyl (C=O) groups excluding carboxylic acids is 1. The molecule has 4 nitrogen and oxygen atoms in total. The number of hydrogen-bond acceptors (Lipinski definition) is 3. The van der Waals surface area contributed by atoms with Gasteiger partial charge >= 0.3 is 6.09 Å². The van der Waals surface area contributed by atoms with E-state index >= 15 is 0 Å². The largest absolute Gasteiger partial charge is 0.447 e. The molecule has 0 aromatic heterocycles. The van der Waals surface area contributed by atoms with Crippen LogP contribution in [0.25, 0.3) is 0 Å². The van der Waals surface area contributed by atoms with Crippen molar-refractivity contribution in [2.24, 2.45) is 5.73 Å². The third kappa shape index (κ3) is 3.21. The average molecular weight is 213 g/mol. The summed E-state index contributed by atoms with van der Waals surface area (Å²) in [5.74, 6) is -0.405. The molecule has 0 unspecified atom stereocenters. The minimum atomic E-state index is -0.909. The SMILES string of the molecule is CO[C@H](COC(N)=O)c1ccccc1F. The second kappa shape index (κ2) is 5.31. The summed E-state index contributed by atoms with van der Waals surface area (Å²) in [6.45, 7) is -0.104. The highest BCUT2D eigenvalue weighted by Gasteiger charge is 2.15. The van der Waals surface area contributed by atoms with E-state index in [4.69, 9.17) is 10.5 Å². The van der Waals surface area contributed by atoms with Gasteiger partial charge in [0.15, 0.2) is 0 Å². The van der Waals surface area contributed by atoms with E-state index in [2.05, 4.69) is 4.74 Å². The zero-order valence-electron chi connectivity index (χ0n) is 8.27. The molecule has 0 radical (unpaired) electrons. The molecule has 0 fully saturated rings. The summed E-state index contributed by atoms with van der Waals surface area (Å²) in [4.78, 5) is 10.4. The van der Waals surface area contributed by atoms with Crippen molar-refractivity contribution >= 4 is 6.09 Å². The lowest BCUT2D eigenvalue weighted by atomic mass is 10.1. The molecule has 0 aliphatic carbocycles. The predicted molar refractivity (Wildman–Crippen MR) is 51.7 cm³/mol. The van der Waals surface area contributed by atoms with Gasteiger partial charge in [0.05, 0.1) is 0 Å². The summed E-state index contributed by atoms with van der Waals surface area (Å²) in [6, 6.07) is 6.12. The van der Waals surface area contributed by atoms with Crippen LogP contribution in [0.4, 0.5) is 9.18 Å². The Hall–Kier alpha value is -1.62. The lowest BCUT2D eigenvalue weighted by Gasteiger charge is -2.15. The van der Waals surface area contributed by atoms with Crippen LogP contribution in [0.15, 0.2) is 24.3 Å². The molecule has 0 saturated heterocycles. The second-order valence-corrected chi connectivity index (χ2v) is 2.88. The highest BCUT2D eigenvalue weighted by atomic mass is 19.1. The van der Waals surface area contributed by atoms with E-state index in [-0.39, 0.29) is 6.61 Å². The van der Waals surface area contributed by atoms with Crippen LogP contribution in [0.3, 0.4) is 0 Å². The minimum absolute atomic E-state index is 0.104. The first kappa shape index (κ1) is 11.5. The molecule has 1 rings (SSSR count). The molecule has 2 N–H and O–H groups in total. The van der Waals surface area contributed by atoms with Gasteiger partial charge < -0.3 is 15.2 Å². The Labute approximate surface area is 86.8 Å². The number of rotatable bonds is 4. The Morgan fingerprint density at radius 3 is 2.73 bits per heavy atom. The molecule has 1 atom stereocenters. The van der Waals surface area contributed by atoms with Crippen molar-refractivity contribution in [2.45, 2.75) is 6.10 Å². The standard InChI is InChI=1S/C10H12FNO3/c1-14-9(6-15-10(12)13)7-4-2-3-5-8(7)11/h2-5,9H,6H2,1H3,(H2,12,13)/t9-/m1/s1. The van der Waals surface area contributed by atoms with Gasteiger partial charge in [0.25, 0.3) is 0 Å². The highest BCUT2D eigenvalue weighted by molar-refractivity contribution is 5.64. The molecule has 0 bridgehead atoms. The Bertz CT molecular complexity index is 343. The lowest BCUT2D eigenvalue weighted by molar-refractivity contribution is 0.0352. The Morgan fingerprint density at radius 1 is 1.53 bits per heavy atom. The van der Waals surface area contributed by atoms with Gasteiger partial charge in [-0.25, -0.2) is 9.18 Å². The fourth-order valence-electron chi connectivity index (χ4n) is 1.18. The molecular weight excluding hydrogens is 201 g/mol. The molecule has 15 heavy (non-hydrogen) atoms. The molecule has 1 aromatic rings. The van der Waals surface area contributed by atoms with E-state index in [1.54, 1.807) is 18.2 Å². The third-order valence-electron chi connectivity index (χ3n) is 1.91. The maximum absolute atomic E-state index is 13.3. The van der Waals surface area contributed by atoms with Crippen molar-refractivity contribution in [3.63, 3.8) is 0 Å². The zero-order chi connectivity index (χ0) is 11.3. The smallest absolute Gasteiger partial charge is 0.404 e. The van der Waals surface area contributed by atoms with Crippen LogP contribution in [0.1, 0.15) is 11.7 Å². The monoisotopic (exact) mass is 213 g/mol. The maximum atomic E-state index is 13.3. The summed E-state index contributed by atoms with van der Waals surface area (Å²) in [7, 11) is 1.40. The molecule has 0 heterocycles. The third-order valence-corrected chi connectivity index (χ3v) is 1.91. The van der Waals surface area contributed by atoms with Crippen LogP contribution < -0.4 is 5.73 Å². The average Bonchev–Trinajstić information content (AvgIpc) is 2.21. The highest BCUT2D eigenvalue weighted by Crippen LogP contribution is 2.19. The minimum Gasteiger partial charge on any atom is -0.447 e. The van der Waals surface area contributed by atoms with Crippen molar-refractivity contribution < 1.29 is 18.7 Å². The van der Waals surface area contributed by atoms with E-state index in [1.807, 2.05) is 0 Å². The molecule has 82 valence electrons. The Morgan fingerprint density at radius 2 is 2.20 bits per heavy atom. The van der Waals surface area contributed by atoms with Gasteiger partial charge in [0.2, 0.25) is 0 Å². The Balaban J connectivity index is 2.74. The van der Waals surface area contributed by atoms with Crippen LogP contribution in [-0.4, -0.2) is 19.8 Å². The topological polar surface area (TPSA) is 61.6 Å². The summed E-state index contributed by atoms with van der Waals surface area (Å²) < 4.78 is 22.8. The summed E-state index contributed by atoms with van der Waals surface area (Å²) in [5.41, 5.74) is 5.14. The zero-order valence-corrected chi connectivity index (χ0v) is 8.27. The molecule has 0 aliphatic heterocycles. The number of ether oxygens (including phenoxy) is 2. The maximum Gasteiger partial charge on any atom is 0.404 e. The quantitative estimate of drug-likeness (QED) is 0.826. The van der Waals surface area contributed by atoms with E-state index in [9.17, 15) is 9.18 Å². The van der Waals surface area contributed by atoms with Gasteiger partial charge in [-0.1, -0.05) is 18.2 Å². The van der Waals surface area contributed by atoms with Gasteiger partial charge in [-0.15, -0.1) is 0 Å². The van der Waals surface area contributed by atoms with Gasteiger partial charge in [0.1, 0.15) is 18.5 Å². The van der Waals surface area contributed by atoms with E-state index in [0.717, 1.165) is 0 Å². The first-order chi connectivity index (χ1) is 7.15. The molecule has 0 spiro atoms. The molecular formula is C10H12FNO3. The van der Waals surface area contributed by atoms with Gasteiger partial charge in [0, 0.05) is 12.7 Å². The van der Waals surface area contributed by atoms with Crippen molar-refractivity contribution in [2.75, 3.05) is 13.7 Å². The van der Waals surface area contributed by atoms with Crippen molar-refractivity contribution in [1.29, 1.82) is 0 Å². The van der Waals surface area contributed by atoms with Crippen LogP contribution in [0.2, 0.25) is 0 Å². The number of halogens is 1.